The quantitative estimate of drug-likeness (QED) is 0.449. The highest BCUT2D eigenvalue weighted by Gasteiger charge is 2.23. The minimum atomic E-state index is -0.475. The van der Waals surface area contributed by atoms with Crippen LogP contribution < -0.4 is 15.0 Å². The standard InChI is InChI=1S/C19H19ClN4O4S/c1-28-15-4-2-3-13(11-15)18(25)21-19(29)23-9-7-22(8-10-23)17-6-5-14(24(26)27)12-16(17)20/h2-6,11-12H,7-10H2,1H3,(H,21,25,29). The van der Waals surface area contributed by atoms with Gasteiger partial charge in [0.15, 0.2) is 5.11 Å². The Morgan fingerprint density at radius 2 is 1.93 bits per heavy atom. The molecule has 0 saturated carbocycles. The van der Waals surface area contributed by atoms with Gasteiger partial charge in [0.05, 0.1) is 22.7 Å². The maximum Gasteiger partial charge on any atom is 0.271 e. The minimum absolute atomic E-state index is 0.0428. The number of anilines is 1. The zero-order valence-electron chi connectivity index (χ0n) is 15.6. The van der Waals surface area contributed by atoms with Crippen LogP contribution in [0, 0.1) is 10.1 Å². The number of hydrogen-bond acceptors (Lipinski definition) is 6. The molecule has 1 fully saturated rings. The first kappa shape index (κ1) is 20.8. The van der Waals surface area contributed by atoms with E-state index >= 15 is 0 Å². The molecule has 29 heavy (non-hydrogen) atoms. The van der Waals surface area contributed by atoms with Crippen molar-refractivity contribution in [3.63, 3.8) is 0 Å². The van der Waals surface area contributed by atoms with Gasteiger partial charge in [-0.25, -0.2) is 0 Å². The van der Waals surface area contributed by atoms with E-state index in [0.717, 1.165) is 5.69 Å². The lowest BCUT2D eigenvalue weighted by molar-refractivity contribution is -0.384. The molecule has 0 aromatic heterocycles. The number of hydrogen-bond donors (Lipinski definition) is 1. The van der Waals surface area contributed by atoms with E-state index in [1.807, 2.05) is 9.80 Å². The summed E-state index contributed by atoms with van der Waals surface area (Å²) in [5, 5.41) is 14.3. The number of benzene rings is 2. The number of carbonyl (C=O) groups is 1. The molecule has 152 valence electrons. The van der Waals surface area contributed by atoms with Crippen LogP contribution in [-0.2, 0) is 0 Å². The number of thiocarbonyl (C=S) groups is 1. The zero-order valence-corrected chi connectivity index (χ0v) is 17.2. The first-order valence-electron chi connectivity index (χ1n) is 8.82. The van der Waals surface area contributed by atoms with Crippen LogP contribution in [-0.4, -0.2) is 54.1 Å². The average molecular weight is 435 g/mol. The van der Waals surface area contributed by atoms with Crippen LogP contribution in [0.15, 0.2) is 42.5 Å². The third-order valence-corrected chi connectivity index (χ3v) is 5.27. The van der Waals surface area contributed by atoms with Crippen molar-refractivity contribution in [2.75, 3.05) is 38.2 Å². The van der Waals surface area contributed by atoms with E-state index in [0.29, 0.717) is 47.6 Å². The van der Waals surface area contributed by atoms with Gasteiger partial charge in [-0.1, -0.05) is 17.7 Å². The van der Waals surface area contributed by atoms with Gasteiger partial charge in [0.2, 0.25) is 0 Å². The third-order valence-electron chi connectivity index (χ3n) is 4.60. The van der Waals surface area contributed by atoms with Gasteiger partial charge in [-0.05, 0) is 36.5 Å². The Morgan fingerprint density at radius 3 is 2.55 bits per heavy atom. The summed E-state index contributed by atoms with van der Waals surface area (Å²) in [5.74, 6) is 0.298. The second kappa shape index (κ2) is 9.06. The van der Waals surface area contributed by atoms with Crippen molar-refractivity contribution in [1.82, 2.24) is 10.2 Å². The second-order valence-corrected chi connectivity index (χ2v) is 7.15. The molecule has 0 radical (unpaired) electrons. The Balaban J connectivity index is 1.58. The topological polar surface area (TPSA) is 88.0 Å². The van der Waals surface area contributed by atoms with Gasteiger partial charge in [0.25, 0.3) is 11.6 Å². The van der Waals surface area contributed by atoms with Gasteiger partial charge in [-0.15, -0.1) is 0 Å². The summed E-state index contributed by atoms with van der Waals surface area (Å²) in [7, 11) is 1.54. The molecule has 0 unspecified atom stereocenters. The number of methoxy groups -OCH3 is 1. The van der Waals surface area contributed by atoms with Crippen molar-refractivity contribution >= 4 is 46.2 Å². The van der Waals surface area contributed by atoms with Gasteiger partial charge in [0.1, 0.15) is 5.75 Å². The average Bonchev–Trinajstić information content (AvgIpc) is 2.73. The van der Waals surface area contributed by atoms with Crippen LogP contribution in [0.3, 0.4) is 0 Å². The number of rotatable bonds is 4. The van der Waals surface area contributed by atoms with Gasteiger partial charge in [-0.2, -0.15) is 0 Å². The van der Waals surface area contributed by atoms with Crippen LogP contribution in [0.25, 0.3) is 0 Å². The number of ether oxygens (including phenoxy) is 1. The predicted molar refractivity (Wildman–Crippen MR) is 115 cm³/mol. The van der Waals surface area contributed by atoms with Crippen molar-refractivity contribution in [1.29, 1.82) is 0 Å². The van der Waals surface area contributed by atoms with E-state index in [1.165, 1.54) is 12.1 Å². The molecule has 1 amide bonds. The Bertz CT molecular complexity index is 948. The predicted octanol–water partition coefficient (Wildman–Crippen LogP) is 3.09. The van der Waals surface area contributed by atoms with E-state index in [9.17, 15) is 14.9 Å². The highest BCUT2D eigenvalue weighted by atomic mass is 35.5. The first-order chi connectivity index (χ1) is 13.9. The number of carbonyl (C=O) groups excluding carboxylic acids is 1. The maximum absolute atomic E-state index is 12.4. The van der Waals surface area contributed by atoms with Crippen molar-refractivity contribution in [2.24, 2.45) is 0 Å². The number of amides is 1. The molecule has 2 aromatic rings. The molecule has 1 saturated heterocycles. The Kier molecular flexibility index (Phi) is 6.50. The first-order valence-corrected chi connectivity index (χ1v) is 9.61. The molecule has 2 aromatic carbocycles. The molecule has 3 rings (SSSR count). The molecule has 1 heterocycles. The number of non-ortho nitro benzene ring substituents is 1. The summed E-state index contributed by atoms with van der Waals surface area (Å²) in [4.78, 5) is 26.7. The summed E-state index contributed by atoms with van der Waals surface area (Å²) in [6, 6.07) is 11.3. The fourth-order valence-corrected chi connectivity index (χ4v) is 3.60. The van der Waals surface area contributed by atoms with Crippen molar-refractivity contribution < 1.29 is 14.5 Å². The van der Waals surface area contributed by atoms with Crippen molar-refractivity contribution in [3.8, 4) is 5.75 Å². The lowest BCUT2D eigenvalue weighted by atomic mass is 10.2. The molecular formula is C19H19ClN4O4S. The lowest BCUT2D eigenvalue weighted by Crippen LogP contribution is -2.52. The van der Waals surface area contributed by atoms with Gasteiger partial charge in [-0.3, -0.25) is 20.2 Å². The van der Waals surface area contributed by atoms with Gasteiger partial charge >= 0.3 is 0 Å². The van der Waals surface area contributed by atoms with E-state index in [2.05, 4.69) is 5.32 Å². The van der Waals surface area contributed by atoms with Crippen LogP contribution in [0.1, 0.15) is 10.4 Å². The number of nitrogens with one attached hydrogen (secondary N) is 1. The molecule has 1 N–H and O–H groups in total. The lowest BCUT2D eigenvalue weighted by Gasteiger charge is -2.37. The molecule has 8 nitrogen and oxygen atoms in total. The summed E-state index contributed by atoms with van der Waals surface area (Å²) in [6.07, 6.45) is 0. The Morgan fingerprint density at radius 1 is 1.21 bits per heavy atom. The van der Waals surface area contributed by atoms with E-state index < -0.39 is 4.92 Å². The monoisotopic (exact) mass is 434 g/mol. The summed E-state index contributed by atoms with van der Waals surface area (Å²) in [5.41, 5.74) is 1.16. The largest absolute Gasteiger partial charge is 0.497 e. The van der Waals surface area contributed by atoms with Crippen molar-refractivity contribution in [3.05, 3.63) is 63.2 Å². The zero-order chi connectivity index (χ0) is 21.0. The SMILES string of the molecule is COc1cccc(C(=O)NC(=S)N2CCN(c3ccc([N+](=O)[O-])cc3Cl)CC2)c1. The fraction of sp³-hybridized carbons (Fsp3) is 0.263. The van der Waals surface area contributed by atoms with E-state index in [-0.39, 0.29) is 11.6 Å². The molecular weight excluding hydrogens is 416 g/mol. The molecule has 1 aliphatic rings. The molecule has 0 bridgehead atoms. The van der Waals surface area contributed by atoms with Gasteiger partial charge in [0, 0.05) is 43.9 Å². The minimum Gasteiger partial charge on any atom is -0.497 e. The second-order valence-electron chi connectivity index (χ2n) is 6.36. The highest BCUT2D eigenvalue weighted by Crippen LogP contribution is 2.30. The smallest absolute Gasteiger partial charge is 0.271 e. The molecule has 0 aliphatic carbocycles. The van der Waals surface area contributed by atoms with E-state index in [4.69, 9.17) is 28.6 Å². The molecule has 10 heteroatoms. The summed E-state index contributed by atoms with van der Waals surface area (Å²) >= 11 is 11.6. The summed E-state index contributed by atoms with van der Waals surface area (Å²) < 4.78 is 5.13. The van der Waals surface area contributed by atoms with E-state index in [1.54, 1.807) is 37.4 Å². The summed E-state index contributed by atoms with van der Waals surface area (Å²) in [6.45, 7) is 2.41. The Labute approximate surface area is 178 Å². The Hall–Kier alpha value is -2.91. The van der Waals surface area contributed by atoms with Crippen molar-refractivity contribution in [2.45, 2.75) is 0 Å². The normalized spacial score (nSPS) is 13.7. The van der Waals surface area contributed by atoms with Gasteiger partial charge < -0.3 is 14.5 Å². The number of halogens is 1. The fourth-order valence-electron chi connectivity index (χ4n) is 3.03. The molecule has 0 atom stereocenters. The van der Waals surface area contributed by atoms with Crippen LogP contribution >= 0.6 is 23.8 Å². The van der Waals surface area contributed by atoms with Crippen LogP contribution in [0.4, 0.5) is 11.4 Å². The molecule has 0 spiro atoms. The van der Waals surface area contributed by atoms with Crippen LogP contribution in [0.5, 0.6) is 5.75 Å². The molecule has 1 aliphatic heterocycles. The van der Waals surface area contributed by atoms with Crippen LogP contribution in [0.2, 0.25) is 5.02 Å². The highest BCUT2D eigenvalue weighted by molar-refractivity contribution is 7.80. The number of piperazine rings is 1. The number of nitrogens with zero attached hydrogens (tertiary/aromatic N) is 3. The third kappa shape index (κ3) is 4.93. The number of nitro groups is 1. The maximum atomic E-state index is 12.4. The number of nitro benzene ring substituents is 1.